The third-order valence-electron chi connectivity index (χ3n) is 3.88. The highest BCUT2D eigenvalue weighted by Gasteiger charge is 2.34. The van der Waals surface area contributed by atoms with Crippen molar-refractivity contribution in [3.8, 4) is 0 Å². The zero-order valence-corrected chi connectivity index (χ0v) is 12.1. The minimum Gasteiger partial charge on any atom is -0.481 e. The number of carboxylic acid groups (broad SMARTS) is 1. The van der Waals surface area contributed by atoms with Gasteiger partial charge in [0.2, 0.25) is 5.91 Å². The van der Waals surface area contributed by atoms with Gasteiger partial charge >= 0.3 is 5.97 Å². The van der Waals surface area contributed by atoms with Gasteiger partial charge in [0, 0.05) is 10.9 Å². The maximum atomic E-state index is 12.2. The first-order valence-corrected chi connectivity index (χ1v) is 7.14. The standard InChI is InChI=1S/C15H18ClNO3/c1-9(12-4-2-3-5-13(12)16)17-14(18)10-6-7-11(8-10)15(19)20/h2-5,9-11H,6-8H2,1H3,(H,17,18)(H,19,20). The maximum absolute atomic E-state index is 12.2. The van der Waals surface area contributed by atoms with Crippen LogP contribution in [0.5, 0.6) is 0 Å². The van der Waals surface area contributed by atoms with Crippen molar-refractivity contribution in [1.82, 2.24) is 5.32 Å². The molecule has 1 aromatic carbocycles. The summed E-state index contributed by atoms with van der Waals surface area (Å²) in [4.78, 5) is 23.1. The van der Waals surface area contributed by atoms with E-state index in [4.69, 9.17) is 16.7 Å². The molecule has 0 radical (unpaired) electrons. The fourth-order valence-electron chi connectivity index (χ4n) is 2.68. The SMILES string of the molecule is CC(NC(=O)C1CCC(C(=O)O)C1)c1ccccc1Cl. The molecular formula is C15H18ClNO3. The van der Waals surface area contributed by atoms with Crippen LogP contribution >= 0.6 is 11.6 Å². The van der Waals surface area contributed by atoms with Gasteiger partial charge in [0.1, 0.15) is 0 Å². The molecule has 0 saturated heterocycles. The van der Waals surface area contributed by atoms with Gasteiger partial charge in [-0.05, 0) is 37.8 Å². The molecule has 1 aromatic rings. The number of halogens is 1. The number of rotatable bonds is 4. The Hall–Kier alpha value is -1.55. The van der Waals surface area contributed by atoms with Gasteiger partial charge in [0.05, 0.1) is 12.0 Å². The van der Waals surface area contributed by atoms with Gasteiger partial charge in [-0.2, -0.15) is 0 Å². The minimum absolute atomic E-state index is 0.0823. The number of carbonyl (C=O) groups excluding carboxylic acids is 1. The molecule has 1 amide bonds. The van der Waals surface area contributed by atoms with Crippen LogP contribution < -0.4 is 5.32 Å². The average Bonchev–Trinajstić information content (AvgIpc) is 2.88. The van der Waals surface area contributed by atoms with Crippen LogP contribution in [0.4, 0.5) is 0 Å². The third-order valence-corrected chi connectivity index (χ3v) is 4.23. The van der Waals surface area contributed by atoms with Gasteiger partial charge < -0.3 is 10.4 Å². The molecule has 4 nitrogen and oxygen atoms in total. The van der Waals surface area contributed by atoms with Crippen molar-refractivity contribution in [3.63, 3.8) is 0 Å². The first-order valence-electron chi connectivity index (χ1n) is 6.76. The van der Waals surface area contributed by atoms with Gasteiger partial charge in [-0.25, -0.2) is 0 Å². The Labute approximate surface area is 123 Å². The van der Waals surface area contributed by atoms with E-state index in [2.05, 4.69) is 5.32 Å². The summed E-state index contributed by atoms with van der Waals surface area (Å²) < 4.78 is 0. The molecule has 0 bridgehead atoms. The quantitative estimate of drug-likeness (QED) is 0.897. The summed E-state index contributed by atoms with van der Waals surface area (Å²) in [5.74, 6) is -1.48. The van der Waals surface area contributed by atoms with Crippen LogP contribution in [0, 0.1) is 11.8 Å². The van der Waals surface area contributed by atoms with Crippen LogP contribution in [0.1, 0.15) is 37.8 Å². The Bertz CT molecular complexity index is 518. The molecule has 0 aliphatic heterocycles. The van der Waals surface area contributed by atoms with E-state index < -0.39 is 5.97 Å². The first kappa shape index (κ1) is 14.9. The molecule has 3 atom stereocenters. The Kier molecular flexibility index (Phi) is 4.65. The number of nitrogens with one attached hydrogen (secondary N) is 1. The number of hydrogen-bond donors (Lipinski definition) is 2. The number of carbonyl (C=O) groups is 2. The fraction of sp³-hybridized carbons (Fsp3) is 0.467. The van der Waals surface area contributed by atoms with Crippen LogP contribution in [0.2, 0.25) is 5.02 Å². The largest absolute Gasteiger partial charge is 0.481 e. The zero-order valence-electron chi connectivity index (χ0n) is 11.3. The molecule has 1 fully saturated rings. The summed E-state index contributed by atoms with van der Waals surface area (Å²) in [7, 11) is 0. The van der Waals surface area contributed by atoms with Gasteiger partial charge in [-0.3, -0.25) is 9.59 Å². The van der Waals surface area contributed by atoms with E-state index in [-0.39, 0.29) is 23.8 Å². The van der Waals surface area contributed by atoms with Crippen molar-refractivity contribution >= 4 is 23.5 Å². The molecule has 1 aliphatic rings. The minimum atomic E-state index is -0.806. The van der Waals surface area contributed by atoms with Gasteiger partial charge in [0.15, 0.2) is 0 Å². The van der Waals surface area contributed by atoms with Crippen molar-refractivity contribution in [2.45, 2.75) is 32.2 Å². The highest BCUT2D eigenvalue weighted by molar-refractivity contribution is 6.31. The smallest absolute Gasteiger partial charge is 0.306 e. The van der Waals surface area contributed by atoms with E-state index in [1.165, 1.54) is 0 Å². The van der Waals surface area contributed by atoms with E-state index in [1.54, 1.807) is 6.07 Å². The Morgan fingerprint density at radius 1 is 1.30 bits per heavy atom. The predicted octanol–water partition coefficient (Wildman–Crippen LogP) is 3.02. The molecule has 0 spiro atoms. The van der Waals surface area contributed by atoms with E-state index in [1.807, 2.05) is 25.1 Å². The zero-order chi connectivity index (χ0) is 14.7. The lowest BCUT2D eigenvalue weighted by Gasteiger charge is -2.18. The van der Waals surface area contributed by atoms with Crippen molar-refractivity contribution in [2.24, 2.45) is 11.8 Å². The lowest BCUT2D eigenvalue weighted by atomic mass is 10.0. The molecule has 20 heavy (non-hydrogen) atoms. The van der Waals surface area contributed by atoms with Crippen molar-refractivity contribution < 1.29 is 14.7 Å². The summed E-state index contributed by atoms with van der Waals surface area (Å²) in [5.41, 5.74) is 0.871. The number of aliphatic carboxylic acids is 1. The Morgan fingerprint density at radius 2 is 1.95 bits per heavy atom. The van der Waals surface area contributed by atoms with Gasteiger partial charge in [-0.15, -0.1) is 0 Å². The lowest BCUT2D eigenvalue weighted by molar-refractivity contribution is -0.141. The summed E-state index contributed by atoms with van der Waals surface area (Å²) in [6.07, 6.45) is 1.64. The van der Waals surface area contributed by atoms with Crippen LogP contribution in [0.3, 0.4) is 0 Å². The first-order chi connectivity index (χ1) is 9.49. The van der Waals surface area contributed by atoms with Crippen LogP contribution in [0.25, 0.3) is 0 Å². The monoisotopic (exact) mass is 295 g/mol. The van der Waals surface area contributed by atoms with Crippen LogP contribution in [0.15, 0.2) is 24.3 Å². The third kappa shape index (κ3) is 3.31. The number of benzene rings is 1. The van der Waals surface area contributed by atoms with Gasteiger partial charge in [-0.1, -0.05) is 29.8 Å². The molecule has 3 unspecified atom stereocenters. The highest BCUT2D eigenvalue weighted by atomic mass is 35.5. The molecule has 5 heteroatoms. The fourth-order valence-corrected chi connectivity index (χ4v) is 2.98. The molecular weight excluding hydrogens is 278 g/mol. The van der Waals surface area contributed by atoms with Crippen LogP contribution in [-0.4, -0.2) is 17.0 Å². The summed E-state index contributed by atoms with van der Waals surface area (Å²) in [6.45, 7) is 1.88. The molecule has 108 valence electrons. The van der Waals surface area contributed by atoms with Crippen molar-refractivity contribution in [3.05, 3.63) is 34.9 Å². The maximum Gasteiger partial charge on any atom is 0.306 e. The molecule has 1 saturated carbocycles. The topological polar surface area (TPSA) is 66.4 Å². The normalized spacial score (nSPS) is 23.3. The van der Waals surface area contributed by atoms with E-state index in [0.29, 0.717) is 24.3 Å². The number of carboxylic acids is 1. The molecule has 0 aromatic heterocycles. The lowest BCUT2D eigenvalue weighted by Crippen LogP contribution is -2.32. The summed E-state index contributed by atoms with van der Waals surface area (Å²) in [6, 6.07) is 7.20. The molecule has 1 aliphatic carbocycles. The van der Waals surface area contributed by atoms with Crippen LogP contribution in [-0.2, 0) is 9.59 Å². The molecule has 0 heterocycles. The van der Waals surface area contributed by atoms with E-state index in [0.717, 1.165) is 5.56 Å². The number of hydrogen-bond acceptors (Lipinski definition) is 2. The second-order valence-electron chi connectivity index (χ2n) is 5.30. The molecule has 2 N–H and O–H groups in total. The second kappa shape index (κ2) is 6.27. The van der Waals surface area contributed by atoms with E-state index >= 15 is 0 Å². The second-order valence-corrected chi connectivity index (χ2v) is 5.70. The summed E-state index contributed by atoms with van der Waals surface area (Å²) >= 11 is 6.10. The number of amides is 1. The van der Waals surface area contributed by atoms with Gasteiger partial charge in [0.25, 0.3) is 0 Å². The van der Waals surface area contributed by atoms with Crippen molar-refractivity contribution in [1.29, 1.82) is 0 Å². The average molecular weight is 296 g/mol. The predicted molar refractivity (Wildman–Crippen MR) is 76.5 cm³/mol. The Morgan fingerprint density at radius 3 is 2.55 bits per heavy atom. The van der Waals surface area contributed by atoms with E-state index in [9.17, 15) is 9.59 Å². The summed E-state index contributed by atoms with van der Waals surface area (Å²) in [5, 5.41) is 12.5. The highest BCUT2D eigenvalue weighted by Crippen LogP contribution is 2.32. The molecule has 2 rings (SSSR count). The van der Waals surface area contributed by atoms with Crippen molar-refractivity contribution in [2.75, 3.05) is 0 Å². The Balaban J connectivity index is 1.95.